The van der Waals surface area contributed by atoms with Gasteiger partial charge < -0.3 is 9.47 Å². The van der Waals surface area contributed by atoms with Gasteiger partial charge in [-0.1, -0.05) is 24.3 Å². The molecule has 2 aromatic rings. The minimum Gasteiger partial charge on any atom is -0.494 e. The Labute approximate surface area is 197 Å². The lowest BCUT2D eigenvalue weighted by Crippen LogP contribution is -2.34. The summed E-state index contributed by atoms with van der Waals surface area (Å²) in [5.74, 6) is 9.56. The highest BCUT2D eigenvalue weighted by Gasteiger charge is 2.68. The first-order valence-corrected chi connectivity index (χ1v) is 13.4. The normalized spacial score (nSPS) is 39.1. The van der Waals surface area contributed by atoms with Crippen molar-refractivity contribution < 1.29 is 9.47 Å². The topological polar surface area (TPSA) is 18.5 Å². The number of hydrogen-bond acceptors (Lipinski definition) is 2. The Morgan fingerprint density at radius 2 is 1.21 bits per heavy atom. The molecule has 170 valence electrons. The Balaban J connectivity index is 1.26. The lowest BCUT2D eigenvalue weighted by molar-refractivity contribution is 0.108. The van der Waals surface area contributed by atoms with Crippen LogP contribution < -0.4 is 9.47 Å². The average molecular weight is 439 g/mol. The van der Waals surface area contributed by atoms with E-state index in [1.54, 1.807) is 0 Å². The van der Waals surface area contributed by atoms with Gasteiger partial charge in [0.25, 0.3) is 0 Å². The minimum atomic E-state index is 0.141. The SMILES string of the molecule is CCOc1ccc2c(c1)C1(CC3C(C1)C1CC3C3C4C=CC(C4)C13)c1cc(OCC)ccc1-2. The van der Waals surface area contributed by atoms with Gasteiger partial charge in [-0.2, -0.15) is 0 Å². The van der Waals surface area contributed by atoms with E-state index in [0.717, 1.165) is 72.1 Å². The van der Waals surface area contributed by atoms with E-state index >= 15 is 0 Å². The molecule has 0 heterocycles. The number of ether oxygens (including phenoxy) is 2. The molecule has 2 heteroatoms. The van der Waals surface area contributed by atoms with Gasteiger partial charge in [-0.15, -0.1) is 0 Å². The van der Waals surface area contributed by atoms with Crippen molar-refractivity contribution in [2.45, 2.75) is 44.9 Å². The monoisotopic (exact) mass is 438 g/mol. The molecule has 0 amide bonds. The van der Waals surface area contributed by atoms with Crippen LogP contribution in [0.25, 0.3) is 11.1 Å². The van der Waals surface area contributed by atoms with Gasteiger partial charge >= 0.3 is 0 Å². The van der Waals surface area contributed by atoms with Crippen molar-refractivity contribution >= 4 is 0 Å². The van der Waals surface area contributed by atoms with E-state index < -0.39 is 0 Å². The molecular weight excluding hydrogens is 404 g/mol. The molecule has 0 radical (unpaired) electrons. The maximum Gasteiger partial charge on any atom is 0.119 e. The van der Waals surface area contributed by atoms with Crippen LogP contribution in [0.3, 0.4) is 0 Å². The molecule has 2 aromatic carbocycles. The third-order valence-corrected chi connectivity index (χ3v) is 10.9. The molecule has 2 nitrogen and oxygen atoms in total. The molecule has 0 N–H and O–H groups in total. The highest BCUT2D eigenvalue weighted by atomic mass is 16.5. The van der Waals surface area contributed by atoms with E-state index in [-0.39, 0.29) is 5.41 Å². The highest BCUT2D eigenvalue weighted by Crippen LogP contribution is 2.75. The molecule has 8 rings (SSSR count). The fraction of sp³-hybridized carbons (Fsp3) is 0.548. The Morgan fingerprint density at radius 1 is 0.697 bits per heavy atom. The number of fused-ring (bicyclic) bond motifs is 17. The second kappa shape index (κ2) is 6.46. The van der Waals surface area contributed by atoms with E-state index in [1.165, 1.54) is 47.9 Å². The number of hydrogen-bond donors (Lipinski definition) is 0. The molecule has 4 bridgehead atoms. The zero-order chi connectivity index (χ0) is 21.9. The van der Waals surface area contributed by atoms with Gasteiger partial charge in [-0.25, -0.2) is 0 Å². The number of benzene rings is 2. The van der Waals surface area contributed by atoms with Crippen LogP contribution in [-0.2, 0) is 5.41 Å². The van der Waals surface area contributed by atoms with Gasteiger partial charge in [0.2, 0.25) is 0 Å². The minimum absolute atomic E-state index is 0.141. The number of allylic oxidation sites excluding steroid dienone is 2. The maximum atomic E-state index is 6.01. The van der Waals surface area contributed by atoms with E-state index in [1.807, 2.05) is 0 Å². The van der Waals surface area contributed by atoms with Crippen LogP contribution >= 0.6 is 0 Å². The molecule has 6 aliphatic carbocycles. The largest absolute Gasteiger partial charge is 0.494 e. The van der Waals surface area contributed by atoms with E-state index in [4.69, 9.17) is 9.47 Å². The summed E-state index contributed by atoms with van der Waals surface area (Å²) >= 11 is 0. The summed E-state index contributed by atoms with van der Waals surface area (Å²) in [7, 11) is 0. The van der Waals surface area contributed by atoms with Crippen LogP contribution in [-0.4, -0.2) is 13.2 Å². The van der Waals surface area contributed by atoms with Crippen molar-refractivity contribution in [3.05, 3.63) is 59.7 Å². The predicted octanol–water partition coefficient (Wildman–Crippen LogP) is 6.86. The van der Waals surface area contributed by atoms with Gasteiger partial charge in [0.15, 0.2) is 0 Å². The standard InChI is InChI=1S/C31H34O2/c1-3-32-19-7-9-21-22-10-8-20(33-4-2)13-28(22)31(27(21)12-19)15-25-23-14-24(26(25)16-31)30-18-6-5-17(11-18)29(23)30/h5-10,12-13,17-18,23-26,29-30H,3-4,11,14-16H2,1-2H3. The van der Waals surface area contributed by atoms with Gasteiger partial charge in [-0.3, -0.25) is 0 Å². The van der Waals surface area contributed by atoms with Crippen molar-refractivity contribution in [2.24, 2.45) is 47.3 Å². The summed E-state index contributed by atoms with van der Waals surface area (Å²) in [6.07, 6.45) is 10.8. The third kappa shape index (κ3) is 2.26. The first kappa shape index (κ1) is 19.1. The third-order valence-electron chi connectivity index (χ3n) is 10.9. The summed E-state index contributed by atoms with van der Waals surface area (Å²) in [5, 5.41) is 0. The van der Waals surface area contributed by atoms with Crippen molar-refractivity contribution in [3.8, 4) is 22.6 Å². The maximum absolute atomic E-state index is 6.01. The van der Waals surface area contributed by atoms with Crippen LogP contribution in [0.2, 0.25) is 0 Å². The van der Waals surface area contributed by atoms with Crippen LogP contribution in [0.15, 0.2) is 48.6 Å². The van der Waals surface area contributed by atoms with Gasteiger partial charge in [0.05, 0.1) is 13.2 Å². The fourth-order valence-electron chi connectivity index (χ4n) is 10.2. The summed E-state index contributed by atoms with van der Waals surface area (Å²) < 4.78 is 12.0. The molecule has 8 unspecified atom stereocenters. The molecule has 0 aliphatic heterocycles. The van der Waals surface area contributed by atoms with Crippen molar-refractivity contribution in [3.63, 3.8) is 0 Å². The van der Waals surface area contributed by atoms with E-state index in [9.17, 15) is 0 Å². The zero-order valence-corrected chi connectivity index (χ0v) is 19.8. The molecule has 33 heavy (non-hydrogen) atoms. The average Bonchev–Trinajstić information content (AvgIpc) is 3.64. The summed E-state index contributed by atoms with van der Waals surface area (Å²) in [6, 6.07) is 13.8. The van der Waals surface area contributed by atoms with Crippen LogP contribution in [0.5, 0.6) is 11.5 Å². The molecule has 0 saturated heterocycles. The fourth-order valence-corrected chi connectivity index (χ4v) is 10.2. The van der Waals surface area contributed by atoms with Gasteiger partial charge in [0.1, 0.15) is 11.5 Å². The molecule has 0 aromatic heterocycles. The molecule has 6 aliphatic rings. The summed E-state index contributed by atoms with van der Waals surface area (Å²) in [5.41, 5.74) is 6.09. The second-order valence-corrected chi connectivity index (χ2v) is 11.8. The first-order chi connectivity index (χ1) is 16.2. The Kier molecular flexibility index (Phi) is 3.75. The summed E-state index contributed by atoms with van der Waals surface area (Å²) in [6.45, 7) is 5.62. The molecule has 8 atom stereocenters. The summed E-state index contributed by atoms with van der Waals surface area (Å²) in [4.78, 5) is 0. The molecule has 4 fully saturated rings. The molecule has 4 saturated carbocycles. The van der Waals surface area contributed by atoms with Crippen LogP contribution in [0.4, 0.5) is 0 Å². The van der Waals surface area contributed by atoms with Crippen LogP contribution in [0.1, 0.15) is 50.7 Å². The van der Waals surface area contributed by atoms with E-state index in [2.05, 4.69) is 62.4 Å². The second-order valence-electron chi connectivity index (χ2n) is 11.8. The predicted molar refractivity (Wildman–Crippen MR) is 131 cm³/mol. The molecule has 1 spiro atoms. The van der Waals surface area contributed by atoms with Crippen molar-refractivity contribution in [1.82, 2.24) is 0 Å². The lowest BCUT2D eigenvalue weighted by atomic mass is 9.66. The Hall–Kier alpha value is -2.22. The lowest BCUT2D eigenvalue weighted by Gasteiger charge is -2.39. The van der Waals surface area contributed by atoms with Crippen molar-refractivity contribution in [1.29, 1.82) is 0 Å². The van der Waals surface area contributed by atoms with Gasteiger partial charge in [-0.05, 0) is 133 Å². The Morgan fingerprint density at radius 3 is 1.70 bits per heavy atom. The highest BCUT2D eigenvalue weighted by molar-refractivity contribution is 5.82. The molecular formula is C31H34O2. The first-order valence-electron chi connectivity index (χ1n) is 13.4. The van der Waals surface area contributed by atoms with Gasteiger partial charge in [0, 0.05) is 5.41 Å². The van der Waals surface area contributed by atoms with Crippen LogP contribution in [0, 0.1) is 47.3 Å². The Bertz CT molecular complexity index is 1090. The quantitative estimate of drug-likeness (QED) is 0.383. The number of rotatable bonds is 4. The van der Waals surface area contributed by atoms with Crippen molar-refractivity contribution in [2.75, 3.05) is 13.2 Å². The smallest absolute Gasteiger partial charge is 0.119 e. The van der Waals surface area contributed by atoms with E-state index in [0.29, 0.717) is 0 Å². The zero-order valence-electron chi connectivity index (χ0n) is 19.8.